The van der Waals surface area contributed by atoms with Crippen molar-refractivity contribution in [2.24, 2.45) is 5.16 Å². The number of hydrogen-bond donors (Lipinski definition) is 0. The topological polar surface area (TPSA) is 69.6 Å². The molecular weight excluding hydrogens is 432 g/mol. The maximum Gasteiger partial charge on any atom is 0.260 e. The largest absolute Gasteiger partial charge is 0.497 e. The molecule has 3 aromatic carbocycles. The number of para-hydroxylation sites is 1. The van der Waals surface area contributed by atoms with Gasteiger partial charge in [-0.3, -0.25) is 4.79 Å². The van der Waals surface area contributed by atoms with Gasteiger partial charge in [0.15, 0.2) is 12.7 Å². The Labute approximate surface area is 199 Å². The van der Waals surface area contributed by atoms with Crippen LogP contribution in [0.2, 0.25) is 0 Å². The molecule has 0 radical (unpaired) electrons. The number of oxime groups is 1. The SMILES string of the molecule is COc1ccc(C2=NO[C@H](CN(Cc3cccc(OC)c3)C(=O)COc3ccccc3)C2)cc1. The lowest BCUT2D eigenvalue weighted by molar-refractivity contribution is -0.135. The van der Waals surface area contributed by atoms with Gasteiger partial charge in [0.25, 0.3) is 5.91 Å². The number of carbonyl (C=O) groups is 1. The normalized spacial score (nSPS) is 14.6. The number of rotatable bonds is 10. The molecule has 7 nitrogen and oxygen atoms in total. The van der Waals surface area contributed by atoms with Crippen molar-refractivity contribution in [2.45, 2.75) is 19.1 Å². The first-order chi connectivity index (χ1) is 16.6. The number of benzene rings is 3. The van der Waals surface area contributed by atoms with Gasteiger partial charge in [-0.25, -0.2) is 0 Å². The van der Waals surface area contributed by atoms with E-state index in [4.69, 9.17) is 19.0 Å². The minimum absolute atomic E-state index is 0.0626. The van der Waals surface area contributed by atoms with Crippen molar-refractivity contribution in [3.05, 3.63) is 90.0 Å². The van der Waals surface area contributed by atoms with Crippen LogP contribution in [0.1, 0.15) is 17.5 Å². The Morgan fingerprint density at radius 3 is 2.41 bits per heavy atom. The van der Waals surface area contributed by atoms with Gasteiger partial charge in [0.05, 0.1) is 26.5 Å². The summed E-state index contributed by atoms with van der Waals surface area (Å²) in [5.41, 5.74) is 2.78. The molecule has 0 spiro atoms. The summed E-state index contributed by atoms with van der Waals surface area (Å²) in [7, 11) is 3.26. The molecule has 0 N–H and O–H groups in total. The summed E-state index contributed by atoms with van der Waals surface area (Å²) >= 11 is 0. The Kier molecular flexibility index (Phi) is 7.65. The van der Waals surface area contributed by atoms with Gasteiger partial charge in [0, 0.05) is 13.0 Å². The molecule has 0 fully saturated rings. The fourth-order valence-electron chi connectivity index (χ4n) is 3.72. The summed E-state index contributed by atoms with van der Waals surface area (Å²) in [5, 5.41) is 4.27. The Hall–Kier alpha value is -4.00. The molecule has 0 bridgehead atoms. The fraction of sp³-hybridized carbons (Fsp3) is 0.259. The van der Waals surface area contributed by atoms with Crippen molar-refractivity contribution >= 4 is 11.6 Å². The van der Waals surface area contributed by atoms with Crippen LogP contribution in [0.15, 0.2) is 84.0 Å². The zero-order valence-electron chi connectivity index (χ0n) is 19.3. The average molecular weight is 461 g/mol. The lowest BCUT2D eigenvalue weighted by Gasteiger charge is -2.25. The van der Waals surface area contributed by atoms with Crippen LogP contribution in [0.5, 0.6) is 17.2 Å². The van der Waals surface area contributed by atoms with Crippen LogP contribution >= 0.6 is 0 Å². The van der Waals surface area contributed by atoms with Crippen LogP contribution in [0.4, 0.5) is 0 Å². The predicted octanol–water partition coefficient (Wildman–Crippen LogP) is 4.30. The lowest BCUT2D eigenvalue weighted by Crippen LogP contribution is -2.40. The first-order valence-corrected chi connectivity index (χ1v) is 11.1. The molecule has 1 amide bonds. The van der Waals surface area contributed by atoms with E-state index >= 15 is 0 Å². The van der Waals surface area contributed by atoms with E-state index in [-0.39, 0.29) is 18.6 Å². The summed E-state index contributed by atoms with van der Waals surface area (Å²) < 4.78 is 16.3. The van der Waals surface area contributed by atoms with Crippen LogP contribution in [0, 0.1) is 0 Å². The second-order valence-corrected chi connectivity index (χ2v) is 7.93. The molecule has 0 saturated heterocycles. The lowest BCUT2D eigenvalue weighted by atomic mass is 10.0. The first-order valence-electron chi connectivity index (χ1n) is 11.1. The summed E-state index contributed by atoms with van der Waals surface area (Å²) in [5.74, 6) is 2.05. The molecule has 1 atom stereocenters. The van der Waals surface area contributed by atoms with Gasteiger partial charge in [-0.15, -0.1) is 0 Å². The molecule has 1 aliphatic heterocycles. The molecule has 176 valence electrons. The van der Waals surface area contributed by atoms with Crippen molar-refractivity contribution in [3.8, 4) is 17.2 Å². The van der Waals surface area contributed by atoms with Gasteiger partial charge in [0.2, 0.25) is 0 Å². The summed E-state index contributed by atoms with van der Waals surface area (Å²) in [6, 6.07) is 24.7. The smallest absolute Gasteiger partial charge is 0.260 e. The van der Waals surface area contributed by atoms with E-state index in [0.29, 0.717) is 25.3 Å². The summed E-state index contributed by atoms with van der Waals surface area (Å²) in [6.07, 6.45) is 0.358. The number of hydrogen-bond acceptors (Lipinski definition) is 6. The number of nitrogens with zero attached hydrogens (tertiary/aromatic N) is 2. The van der Waals surface area contributed by atoms with Gasteiger partial charge in [0.1, 0.15) is 17.2 Å². The standard InChI is InChI=1S/C27H28N2O5/c1-31-22-13-11-21(12-14-22)26-16-25(34-28-26)18-29(17-20-7-6-10-24(15-20)32-2)27(30)19-33-23-8-4-3-5-9-23/h3-15,25H,16-19H2,1-2H3/t25-/m0/s1. The van der Waals surface area contributed by atoms with Crippen LogP contribution < -0.4 is 14.2 Å². The number of carbonyl (C=O) groups excluding carboxylic acids is 1. The van der Waals surface area contributed by atoms with E-state index < -0.39 is 0 Å². The second kappa shape index (κ2) is 11.2. The third kappa shape index (κ3) is 6.07. The fourth-order valence-corrected chi connectivity index (χ4v) is 3.72. The minimum Gasteiger partial charge on any atom is -0.497 e. The van der Waals surface area contributed by atoms with Gasteiger partial charge in [-0.1, -0.05) is 35.5 Å². The number of ether oxygens (including phenoxy) is 3. The summed E-state index contributed by atoms with van der Waals surface area (Å²) in [4.78, 5) is 20.6. The second-order valence-electron chi connectivity index (χ2n) is 7.93. The number of methoxy groups -OCH3 is 2. The van der Waals surface area contributed by atoms with Crippen LogP contribution in [0.3, 0.4) is 0 Å². The van der Waals surface area contributed by atoms with E-state index in [1.807, 2.05) is 78.9 Å². The minimum atomic E-state index is -0.247. The monoisotopic (exact) mass is 460 g/mol. The van der Waals surface area contributed by atoms with E-state index in [0.717, 1.165) is 28.3 Å². The van der Waals surface area contributed by atoms with Crippen LogP contribution in [-0.4, -0.2) is 50.0 Å². The highest BCUT2D eigenvalue weighted by molar-refractivity contribution is 6.01. The van der Waals surface area contributed by atoms with Gasteiger partial charge in [-0.2, -0.15) is 0 Å². The van der Waals surface area contributed by atoms with E-state index in [1.165, 1.54) is 0 Å². The third-order valence-electron chi connectivity index (χ3n) is 5.55. The molecule has 0 aromatic heterocycles. The number of amides is 1. The van der Waals surface area contributed by atoms with Crippen molar-refractivity contribution in [1.82, 2.24) is 4.90 Å². The van der Waals surface area contributed by atoms with Crippen LogP contribution in [0.25, 0.3) is 0 Å². The van der Waals surface area contributed by atoms with Crippen molar-refractivity contribution in [2.75, 3.05) is 27.4 Å². The summed E-state index contributed by atoms with van der Waals surface area (Å²) in [6.45, 7) is 0.732. The van der Waals surface area contributed by atoms with E-state index in [9.17, 15) is 4.79 Å². The molecule has 1 aliphatic rings. The molecule has 7 heteroatoms. The molecule has 0 unspecified atom stereocenters. The van der Waals surface area contributed by atoms with Gasteiger partial charge < -0.3 is 23.9 Å². The molecule has 0 saturated carbocycles. The molecule has 1 heterocycles. The van der Waals surface area contributed by atoms with Crippen LogP contribution in [-0.2, 0) is 16.2 Å². The molecule has 4 rings (SSSR count). The van der Waals surface area contributed by atoms with Gasteiger partial charge >= 0.3 is 0 Å². The van der Waals surface area contributed by atoms with Gasteiger partial charge in [-0.05, 0) is 59.7 Å². The van der Waals surface area contributed by atoms with Crippen molar-refractivity contribution in [1.29, 1.82) is 0 Å². The highest BCUT2D eigenvalue weighted by atomic mass is 16.6. The van der Waals surface area contributed by atoms with Crippen molar-refractivity contribution < 1.29 is 23.8 Å². The zero-order chi connectivity index (χ0) is 23.8. The Morgan fingerprint density at radius 1 is 0.941 bits per heavy atom. The quantitative estimate of drug-likeness (QED) is 0.451. The van der Waals surface area contributed by atoms with Crippen molar-refractivity contribution in [3.63, 3.8) is 0 Å². The highest BCUT2D eigenvalue weighted by Gasteiger charge is 2.27. The predicted molar refractivity (Wildman–Crippen MR) is 129 cm³/mol. The Morgan fingerprint density at radius 2 is 1.68 bits per heavy atom. The molecular formula is C27H28N2O5. The maximum atomic E-state index is 13.1. The Bertz CT molecular complexity index is 1120. The average Bonchev–Trinajstić information content (AvgIpc) is 3.36. The molecule has 34 heavy (non-hydrogen) atoms. The highest BCUT2D eigenvalue weighted by Crippen LogP contribution is 2.22. The molecule has 3 aromatic rings. The molecule has 0 aliphatic carbocycles. The third-order valence-corrected chi connectivity index (χ3v) is 5.55. The first kappa shape index (κ1) is 23.2. The Balaban J connectivity index is 1.43. The van der Waals surface area contributed by atoms with E-state index in [1.54, 1.807) is 19.1 Å². The maximum absolute atomic E-state index is 13.1. The zero-order valence-corrected chi connectivity index (χ0v) is 19.3. The van der Waals surface area contributed by atoms with E-state index in [2.05, 4.69) is 5.16 Å².